The quantitative estimate of drug-likeness (QED) is 0.360. The number of anilines is 1. The molecule has 2 aromatic carbocycles. The van der Waals surface area contributed by atoms with Crippen LogP contribution in [0.25, 0.3) is 0 Å². The van der Waals surface area contributed by atoms with Crippen molar-refractivity contribution in [1.82, 2.24) is 4.90 Å². The molecule has 35 heavy (non-hydrogen) atoms. The van der Waals surface area contributed by atoms with E-state index >= 15 is 0 Å². The summed E-state index contributed by atoms with van der Waals surface area (Å²) in [6.07, 6.45) is 2.26. The van der Waals surface area contributed by atoms with Crippen molar-refractivity contribution in [3.05, 3.63) is 58.5 Å². The second-order valence-corrected chi connectivity index (χ2v) is 8.99. The van der Waals surface area contributed by atoms with Gasteiger partial charge in [-0.05, 0) is 48.4 Å². The molecular weight excluding hydrogens is 492 g/mol. The van der Waals surface area contributed by atoms with Gasteiger partial charge >= 0.3 is 5.97 Å². The van der Waals surface area contributed by atoms with E-state index in [0.29, 0.717) is 38.6 Å². The van der Waals surface area contributed by atoms with Crippen LogP contribution in [-0.4, -0.2) is 60.0 Å². The monoisotopic (exact) mass is 516 g/mol. The van der Waals surface area contributed by atoms with Crippen LogP contribution in [0.1, 0.15) is 22.3 Å². The summed E-state index contributed by atoms with van der Waals surface area (Å²) in [5.41, 5.74) is 1.45. The van der Waals surface area contributed by atoms with Crippen LogP contribution in [0.4, 0.5) is 5.69 Å². The molecule has 184 valence electrons. The number of hydrogen-bond acceptors (Lipinski definition) is 8. The normalized spacial score (nSPS) is 14.3. The number of rotatable bonds is 10. The molecule has 0 radical (unpaired) electrons. The lowest BCUT2D eigenvalue weighted by molar-refractivity contribution is -0.122. The van der Waals surface area contributed by atoms with Gasteiger partial charge in [0.15, 0.2) is 11.5 Å². The van der Waals surface area contributed by atoms with E-state index in [1.165, 1.54) is 62.3 Å². The second kappa shape index (κ2) is 11.7. The molecule has 0 unspecified atom stereocenters. The molecule has 0 bridgehead atoms. The van der Waals surface area contributed by atoms with E-state index in [2.05, 4.69) is 5.32 Å². The molecule has 0 spiro atoms. The summed E-state index contributed by atoms with van der Waals surface area (Å²) in [4.78, 5) is 38.0. The Morgan fingerprint density at radius 2 is 1.71 bits per heavy atom. The predicted molar refractivity (Wildman–Crippen MR) is 136 cm³/mol. The number of allylic oxidation sites excluding steroid dienone is 1. The van der Waals surface area contributed by atoms with Crippen molar-refractivity contribution in [3.63, 3.8) is 0 Å². The second-order valence-electron chi connectivity index (χ2n) is 7.31. The van der Waals surface area contributed by atoms with Crippen LogP contribution in [-0.2, 0) is 16.0 Å². The number of nitrogens with one attached hydrogen (secondary N) is 1. The average Bonchev–Trinajstić information content (AvgIpc) is 3.12. The molecule has 9 nitrogen and oxygen atoms in total. The van der Waals surface area contributed by atoms with Crippen molar-refractivity contribution in [2.45, 2.75) is 12.8 Å². The summed E-state index contributed by atoms with van der Waals surface area (Å²) in [5, 5.41) is 11.6. The number of aromatic carboxylic acids is 1. The zero-order valence-corrected chi connectivity index (χ0v) is 21.0. The van der Waals surface area contributed by atoms with E-state index in [9.17, 15) is 14.4 Å². The smallest absolute Gasteiger partial charge is 0.335 e. The molecule has 11 heteroatoms. The molecule has 0 saturated carbocycles. The van der Waals surface area contributed by atoms with E-state index in [0.717, 1.165) is 5.56 Å². The molecule has 1 aliphatic heterocycles. The number of thiocarbonyl (C=S) groups is 1. The maximum Gasteiger partial charge on any atom is 0.335 e. The molecule has 2 amide bonds. The highest BCUT2D eigenvalue weighted by Crippen LogP contribution is 2.39. The molecular formula is C24H24N2O7S2. The first-order chi connectivity index (χ1) is 16.8. The van der Waals surface area contributed by atoms with Crippen molar-refractivity contribution < 1.29 is 33.7 Å². The lowest BCUT2D eigenvalue weighted by atomic mass is 10.1. The fourth-order valence-corrected chi connectivity index (χ4v) is 4.61. The molecule has 0 aromatic heterocycles. The number of amides is 2. The van der Waals surface area contributed by atoms with E-state index < -0.39 is 5.97 Å². The Morgan fingerprint density at radius 1 is 1.09 bits per heavy atom. The summed E-state index contributed by atoms with van der Waals surface area (Å²) in [5.74, 6) is -0.0934. The number of carbonyl (C=O) groups excluding carboxylic acids is 2. The molecule has 1 aliphatic rings. The van der Waals surface area contributed by atoms with Gasteiger partial charge in [-0.3, -0.25) is 14.5 Å². The number of thioether (sulfide) groups is 1. The maximum atomic E-state index is 12.8. The SMILES string of the molecule is COc1cc(C/C=C2\SC(=S)N(CCC(=O)Nc3ccc(C(=O)O)cc3)C2=O)cc(OC)c1OC. The van der Waals surface area contributed by atoms with Gasteiger partial charge in [0.05, 0.1) is 31.8 Å². The highest BCUT2D eigenvalue weighted by Gasteiger charge is 2.32. The number of ether oxygens (including phenoxy) is 3. The highest BCUT2D eigenvalue weighted by molar-refractivity contribution is 8.26. The zero-order valence-electron chi connectivity index (χ0n) is 19.3. The number of benzene rings is 2. The molecule has 0 atom stereocenters. The van der Waals surface area contributed by atoms with Gasteiger partial charge in [-0.25, -0.2) is 4.79 Å². The summed E-state index contributed by atoms with van der Waals surface area (Å²) in [6, 6.07) is 9.44. The van der Waals surface area contributed by atoms with Crippen LogP contribution >= 0.6 is 24.0 Å². The average molecular weight is 517 g/mol. The zero-order chi connectivity index (χ0) is 25.5. The standard InChI is InChI=1S/C24H24N2O7S2/c1-31-17-12-14(13-18(32-2)21(17)33-3)4-9-19-22(28)26(24(34)35-19)11-10-20(27)25-16-7-5-15(6-8-16)23(29)30/h5-9,12-13H,4,10-11H2,1-3H3,(H,25,27)(H,29,30)/b19-9-. The summed E-state index contributed by atoms with van der Waals surface area (Å²) in [7, 11) is 4.60. The van der Waals surface area contributed by atoms with Gasteiger partial charge in [0.1, 0.15) is 4.32 Å². The lowest BCUT2D eigenvalue weighted by Gasteiger charge is -2.14. The van der Waals surface area contributed by atoms with E-state index in [-0.39, 0.29) is 30.3 Å². The van der Waals surface area contributed by atoms with Crippen LogP contribution < -0.4 is 19.5 Å². The first-order valence-electron chi connectivity index (χ1n) is 10.4. The Bertz CT molecular complexity index is 1150. The number of carboxylic acids is 1. The van der Waals surface area contributed by atoms with Gasteiger partial charge in [0, 0.05) is 18.7 Å². The van der Waals surface area contributed by atoms with Gasteiger partial charge in [0.2, 0.25) is 11.7 Å². The molecule has 1 saturated heterocycles. The Morgan fingerprint density at radius 3 is 2.26 bits per heavy atom. The van der Waals surface area contributed by atoms with E-state index in [1.807, 2.05) is 12.1 Å². The van der Waals surface area contributed by atoms with Crippen LogP contribution in [0.15, 0.2) is 47.4 Å². The van der Waals surface area contributed by atoms with Crippen LogP contribution in [0.2, 0.25) is 0 Å². The minimum absolute atomic E-state index is 0.0350. The lowest BCUT2D eigenvalue weighted by Crippen LogP contribution is -2.31. The molecule has 1 heterocycles. The van der Waals surface area contributed by atoms with E-state index in [1.54, 1.807) is 6.08 Å². The Kier molecular flexibility index (Phi) is 8.72. The van der Waals surface area contributed by atoms with Crippen molar-refractivity contribution >= 4 is 51.8 Å². The topological polar surface area (TPSA) is 114 Å². The van der Waals surface area contributed by atoms with Gasteiger partial charge < -0.3 is 24.6 Å². The third kappa shape index (κ3) is 6.31. The third-order valence-electron chi connectivity index (χ3n) is 5.10. The Balaban J connectivity index is 1.60. The van der Waals surface area contributed by atoms with Crippen molar-refractivity contribution in [1.29, 1.82) is 0 Å². The van der Waals surface area contributed by atoms with Crippen molar-refractivity contribution in [3.8, 4) is 17.2 Å². The predicted octanol–water partition coefficient (Wildman–Crippen LogP) is 3.73. The molecule has 2 aromatic rings. The van der Waals surface area contributed by atoms with Crippen LogP contribution in [0, 0.1) is 0 Å². The first kappa shape index (κ1) is 26.0. The number of carboxylic acid groups (broad SMARTS) is 1. The Labute approximate surface area is 212 Å². The minimum atomic E-state index is -1.05. The number of carbonyl (C=O) groups is 3. The number of hydrogen-bond donors (Lipinski definition) is 2. The summed E-state index contributed by atoms with van der Waals surface area (Å²) < 4.78 is 16.4. The Hall–Kier alpha value is -3.57. The fraction of sp³-hybridized carbons (Fsp3) is 0.250. The van der Waals surface area contributed by atoms with Gasteiger partial charge in [0.25, 0.3) is 5.91 Å². The van der Waals surface area contributed by atoms with Crippen molar-refractivity contribution in [2.24, 2.45) is 0 Å². The largest absolute Gasteiger partial charge is 0.493 e. The van der Waals surface area contributed by atoms with Crippen molar-refractivity contribution in [2.75, 3.05) is 33.2 Å². The molecule has 3 rings (SSSR count). The van der Waals surface area contributed by atoms with Crippen LogP contribution in [0.5, 0.6) is 17.2 Å². The number of nitrogens with zero attached hydrogens (tertiary/aromatic N) is 1. The summed E-state index contributed by atoms with van der Waals surface area (Å²) >= 11 is 6.52. The fourth-order valence-electron chi connectivity index (χ4n) is 3.33. The minimum Gasteiger partial charge on any atom is -0.493 e. The first-order valence-corrected chi connectivity index (χ1v) is 11.7. The van der Waals surface area contributed by atoms with Gasteiger partial charge in [-0.15, -0.1) is 0 Å². The number of methoxy groups -OCH3 is 3. The van der Waals surface area contributed by atoms with Gasteiger partial charge in [-0.2, -0.15) is 0 Å². The van der Waals surface area contributed by atoms with Crippen LogP contribution in [0.3, 0.4) is 0 Å². The summed E-state index contributed by atoms with van der Waals surface area (Å²) in [6.45, 7) is 0.130. The maximum absolute atomic E-state index is 12.8. The molecule has 1 fully saturated rings. The molecule has 0 aliphatic carbocycles. The van der Waals surface area contributed by atoms with E-state index in [4.69, 9.17) is 31.5 Å². The van der Waals surface area contributed by atoms with Gasteiger partial charge in [-0.1, -0.05) is 30.1 Å². The third-order valence-corrected chi connectivity index (χ3v) is 6.53. The molecule has 2 N–H and O–H groups in total. The highest BCUT2D eigenvalue weighted by atomic mass is 32.2.